The third-order valence-corrected chi connectivity index (χ3v) is 5.66. The molecule has 162 valence electrons. The summed E-state index contributed by atoms with van der Waals surface area (Å²) in [6.07, 6.45) is 4.53. The zero-order chi connectivity index (χ0) is 21.3. The molecule has 0 radical (unpaired) electrons. The number of hydrogen-bond acceptors (Lipinski definition) is 6. The van der Waals surface area contributed by atoms with E-state index in [1.54, 1.807) is 18.2 Å². The maximum atomic E-state index is 11.3. The summed E-state index contributed by atoms with van der Waals surface area (Å²) in [6.45, 7) is 0. The largest absolute Gasteiger partial charge is 1.00 e. The molecule has 0 unspecified atom stereocenters. The Hall–Kier alpha value is -1.48. The van der Waals surface area contributed by atoms with Crippen molar-refractivity contribution in [1.29, 1.82) is 0 Å². The summed E-state index contributed by atoms with van der Waals surface area (Å²) < 4.78 is 4.61. The second-order valence-electron chi connectivity index (χ2n) is 7.27. The summed E-state index contributed by atoms with van der Waals surface area (Å²) in [6, 6.07) is 6.50. The molecule has 10 heteroatoms. The fourth-order valence-corrected chi connectivity index (χ4v) is 3.74. The summed E-state index contributed by atoms with van der Waals surface area (Å²) in [5, 5.41) is 9.91. The minimum atomic E-state index is -1.04. The van der Waals surface area contributed by atoms with Crippen LogP contribution in [0, 0.1) is 0 Å². The molecule has 0 atom stereocenters. The number of hydrogen-bond donors (Lipinski definition) is 3. The average Bonchev–Trinajstić information content (AvgIpc) is 3.56. The number of carbonyl (C=O) groups is 2. The van der Waals surface area contributed by atoms with Crippen molar-refractivity contribution in [2.24, 2.45) is 0 Å². The van der Waals surface area contributed by atoms with Crippen LogP contribution in [0.25, 0.3) is 0 Å². The molecule has 0 aliphatic heterocycles. The molecule has 6 N–H and O–H groups in total. The van der Waals surface area contributed by atoms with Gasteiger partial charge < -0.3 is 26.8 Å². The second-order valence-corrected chi connectivity index (χ2v) is 8.08. The number of carbonyl (C=O) groups excluding carboxylic acids is 1. The standard InChI is InChI=1S/C11H12ClNO2.C10H10ClNO2.Na.H2O/c1-15-11(14)8-4-9(12)7(5-10(8)13)6-2-3-6;11-8-3-7(10(13)14)9(12)4-6(8)5-1-2-5;;/h4-6H,2-3,13H2,1H3;3-5H,1-2,12H2,(H,13,14);;1H2/q;;+1;/p-1. The van der Waals surface area contributed by atoms with Gasteiger partial charge in [0.25, 0.3) is 0 Å². The van der Waals surface area contributed by atoms with Crippen molar-refractivity contribution in [2.75, 3.05) is 18.6 Å². The Balaban J connectivity index is 0.000000292. The number of anilines is 2. The van der Waals surface area contributed by atoms with Gasteiger partial charge in [-0.2, -0.15) is 0 Å². The molecular weight excluding hydrogens is 454 g/mol. The molecule has 31 heavy (non-hydrogen) atoms. The first-order valence-electron chi connectivity index (χ1n) is 9.22. The summed E-state index contributed by atoms with van der Waals surface area (Å²) in [4.78, 5) is 22.1. The normalized spacial score (nSPS) is 14.3. The third-order valence-electron chi connectivity index (χ3n) is 5.01. The molecule has 0 amide bonds. The molecule has 0 heterocycles. The number of nitrogens with two attached hydrogens (primary N) is 2. The van der Waals surface area contributed by atoms with Crippen LogP contribution in [0.15, 0.2) is 24.3 Å². The molecule has 0 bridgehead atoms. The van der Waals surface area contributed by atoms with E-state index in [1.807, 2.05) is 0 Å². The van der Waals surface area contributed by atoms with E-state index in [4.69, 9.17) is 39.8 Å². The quantitative estimate of drug-likeness (QED) is 0.346. The van der Waals surface area contributed by atoms with Crippen molar-refractivity contribution >= 4 is 46.5 Å². The van der Waals surface area contributed by atoms with Crippen LogP contribution in [-0.4, -0.2) is 29.6 Å². The van der Waals surface area contributed by atoms with Crippen LogP contribution in [0.1, 0.15) is 69.4 Å². The fraction of sp³-hybridized carbons (Fsp3) is 0.333. The number of carboxylic acid groups (broad SMARTS) is 1. The maximum Gasteiger partial charge on any atom is 1.00 e. The summed E-state index contributed by atoms with van der Waals surface area (Å²) in [7, 11) is 1.32. The topological polar surface area (TPSA) is 146 Å². The number of rotatable bonds is 4. The molecule has 0 aromatic heterocycles. The number of carboxylic acids is 1. The molecule has 2 aliphatic carbocycles. The van der Waals surface area contributed by atoms with Gasteiger partial charge in [0.2, 0.25) is 0 Å². The van der Waals surface area contributed by atoms with Crippen molar-refractivity contribution in [2.45, 2.75) is 37.5 Å². The van der Waals surface area contributed by atoms with Gasteiger partial charge in [0.05, 0.1) is 18.2 Å². The van der Waals surface area contributed by atoms with Gasteiger partial charge in [-0.05, 0) is 72.9 Å². The van der Waals surface area contributed by atoms with Crippen molar-refractivity contribution < 1.29 is 54.5 Å². The molecule has 7 nitrogen and oxygen atoms in total. The molecule has 2 aromatic carbocycles. The molecule has 0 spiro atoms. The SMILES string of the molecule is COC(=O)c1cc(Cl)c(C2CC2)cc1N.Nc1cc(C2CC2)c(Cl)cc1C(=O)O.[Na+].[OH-]. The maximum absolute atomic E-state index is 11.3. The molecule has 0 saturated heterocycles. The molecular formula is C21H23Cl2N2NaO5. The van der Waals surface area contributed by atoms with Gasteiger partial charge in [0.15, 0.2) is 0 Å². The zero-order valence-electron chi connectivity index (χ0n) is 17.3. The number of esters is 1. The molecule has 2 aromatic rings. The first-order valence-corrected chi connectivity index (χ1v) is 9.98. The van der Waals surface area contributed by atoms with Gasteiger partial charge in [-0.1, -0.05) is 23.2 Å². The van der Waals surface area contributed by atoms with E-state index in [0.717, 1.165) is 36.8 Å². The average molecular weight is 477 g/mol. The van der Waals surface area contributed by atoms with Gasteiger partial charge in [0, 0.05) is 21.4 Å². The first kappa shape index (κ1) is 27.6. The van der Waals surface area contributed by atoms with Crippen LogP contribution < -0.4 is 41.0 Å². The summed E-state index contributed by atoms with van der Waals surface area (Å²) in [5.41, 5.74) is 14.6. The minimum absolute atomic E-state index is 0. The molecule has 2 aliphatic rings. The van der Waals surface area contributed by atoms with E-state index in [2.05, 4.69) is 4.74 Å². The number of aromatic carboxylic acids is 1. The van der Waals surface area contributed by atoms with Crippen molar-refractivity contribution in [1.82, 2.24) is 0 Å². The van der Waals surface area contributed by atoms with Crippen molar-refractivity contribution in [3.05, 3.63) is 56.6 Å². The Labute approximate surface area is 212 Å². The predicted molar refractivity (Wildman–Crippen MR) is 116 cm³/mol. The third kappa shape index (κ3) is 6.75. The zero-order valence-corrected chi connectivity index (χ0v) is 20.8. The Morgan fingerprint density at radius 2 is 1.29 bits per heavy atom. The van der Waals surface area contributed by atoms with Gasteiger partial charge in [0.1, 0.15) is 0 Å². The smallest absolute Gasteiger partial charge is 0.870 e. The van der Waals surface area contributed by atoms with Gasteiger partial charge in [-0.3, -0.25) is 0 Å². The Bertz CT molecular complexity index is 979. The number of benzene rings is 2. The fourth-order valence-electron chi connectivity index (χ4n) is 3.10. The van der Waals surface area contributed by atoms with Crippen LogP contribution in [-0.2, 0) is 4.74 Å². The van der Waals surface area contributed by atoms with E-state index in [0.29, 0.717) is 38.8 Å². The van der Waals surface area contributed by atoms with E-state index >= 15 is 0 Å². The van der Waals surface area contributed by atoms with E-state index in [-0.39, 0.29) is 40.6 Å². The Morgan fingerprint density at radius 1 is 0.903 bits per heavy atom. The Kier molecular flexibility index (Phi) is 10.1. The van der Waals surface area contributed by atoms with E-state index in [1.165, 1.54) is 13.2 Å². The van der Waals surface area contributed by atoms with Gasteiger partial charge >= 0.3 is 41.5 Å². The minimum Gasteiger partial charge on any atom is -0.870 e. The number of ether oxygens (including phenoxy) is 1. The number of nitrogen functional groups attached to an aromatic ring is 2. The monoisotopic (exact) mass is 476 g/mol. The van der Waals surface area contributed by atoms with Gasteiger partial charge in [-0.15, -0.1) is 0 Å². The van der Waals surface area contributed by atoms with Crippen LogP contribution in [0.4, 0.5) is 11.4 Å². The first-order chi connectivity index (χ1) is 13.7. The second kappa shape index (κ2) is 11.4. The van der Waals surface area contributed by atoms with E-state index < -0.39 is 11.9 Å². The van der Waals surface area contributed by atoms with Crippen LogP contribution in [0.3, 0.4) is 0 Å². The van der Waals surface area contributed by atoms with Crippen LogP contribution in [0.5, 0.6) is 0 Å². The predicted octanol–water partition coefficient (Wildman–Crippen LogP) is 1.91. The van der Waals surface area contributed by atoms with Crippen LogP contribution >= 0.6 is 23.2 Å². The van der Waals surface area contributed by atoms with Gasteiger partial charge in [-0.25, -0.2) is 9.59 Å². The summed E-state index contributed by atoms with van der Waals surface area (Å²) >= 11 is 12.0. The van der Waals surface area contributed by atoms with Crippen molar-refractivity contribution in [3.8, 4) is 0 Å². The summed E-state index contributed by atoms with van der Waals surface area (Å²) in [5.74, 6) is -0.484. The molecule has 2 saturated carbocycles. The number of halogens is 2. The Morgan fingerprint density at radius 3 is 1.65 bits per heavy atom. The van der Waals surface area contributed by atoms with Crippen molar-refractivity contribution in [3.63, 3.8) is 0 Å². The molecule has 4 rings (SSSR count). The van der Waals surface area contributed by atoms with Crippen LogP contribution in [0.2, 0.25) is 10.0 Å². The van der Waals surface area contributed by atoms with E-state index in [9.17, 15) is 9.59 Å². The molecule has 2 fully saturated rings. The number of methoxy groups -OCH3 is 1.